The molecule has 8 heteroatoms. The zero-order valence-corrected chi connectivity index (χ0v) is 21.4. The van der Waals surface area contributed by atoms with Crippen LogP contribution in [0, 0.1) is 11.6 Å². The molecular formula is C30H31F2N3O3. The van der Waals surface area contributed by atoms with E-state index >= 15 is 0 Å². The van der Waals surface area contributed by atoms with Crippen LogP contribution in [0.5, 0.6) is 0 Å². The van der Waals surface area contributed by atoms with Crippen LogP contribution in [0.25, 0.3) is 10.9 Å². The number of aromatic nitrogens is 1. The number of rotatable bonds is 11. The smallest absolute Gasteiger partial charge is 0.292 e. The van der Waals surface area contributed by atoms with Crippen LogP contribution in [-0.4, -0.2) is 40.1 Å². The molecule has 0 aliphatic heterocycles. The number of nitrogens with one attached hydrogen (secondary N) is 2. The van der Waals surface area contributed by atoms with Crippen LogP contribution in [0.4, 0.5) is 8.78 Å². The molecule has 0 aliphatic rings. The third-order valence-corrected chi connectivity index (χ3v) is 6.59. The van der Waals surface area contributed by atoms with Crippen LogP contribution in [0.15, 0.2) is 72.9 Å². The number of Topliss-reactive ketones (excluding diaryl/α,β-unsaturated/α-hetero) is 1. The summed E-state index contributed by atoms with van der Waals surface area (Å²) in [7, 11) is 1.78. The van der Waals surface area contributed by atoms with Crippen molar-refractivity contribution >= 4 is 22.6 Å². The lowest BCUT2D eigenvalue weighted by Crippen LogP contribution is -2.50. The molecule has 0 aliphatic carbocycles. The molecule has 4 aromatic rings. The van der Waals surface area contributed by atoms with Crippen LogP contribution in [-0.2, 0) is 31.2 Å². The van der Waals surface area contributed by atoms with Gasteiger partial charge in [0, 0.05) is 43.3 Å². The monoisotopic (exact) mass is 519 g/mol. The summed E-state index contributed by atoms with van der Waals surface area (Å²) in [6.07, 6.45) is 1.28. The third kappa shape index (κ3) is 6.51. The van der Waals surface area contributed by atoms with E-state index in [-0.39, 0.29) is 24.1 Å². The van der Waals surface area contributed by atoms with Crippen LogP contribution in [0.2, 0.25) is 0 Å². The number of para-hydroxylation sites is 1. The lowest BCUT2D eigenvalue weighted by Gasteiger charge is -2.24. The fraction of sp³-hybridized carbons (Fsp3) is 0.267. The largest absolute Gasteiger partial charge is 0.390 e. The maximum absolute atomic E-state index is 13.8. The zero-order valence-electron chi connectivity index (χ0n) is 21.4. The Morgan fingerprint density at radius 3 is 2.39 bits per heavy atom. The van der Waals surface area contributed by atoms with Gasteiger partial charge < -0.3 is 20.3 Å². The van der Waals surface area contributed by atoms with Crippen LogP contribution < -0.4 is 10.6 Å². The number of hydrogen-bond acceptors (Lipinski definition) is 4. The van der Waals surface area contributed by atoms with E-state index in [2.05, 4.69) is 23.6 Å². The summed E-state index contributed by atoms with van der Waals surface area (Å²) >= 11 is 0. The van der Waals surface area contributed by atoms with Gasteiger partial charge in [0.15, 0.2) is 0 Å². The first-order valence-corrected chi connectivity index (χ1v) is 12.6. The van der Waals surface area contributed by atoms with E-state index in [9.17, 15) is 23.5 Å². The summed E-state index contributed by atoms with van der Waals surface area (Å²) in [5.74, 6) is -3.19. The molecule has 0 unspecified atom stereocenters. The highest BCUT2D eigenvalue weighted by atomic mass is 19.1. The molecule has 3 N–H and O–H groups in total. The Hall–Kier alpha value is -3.88. The average Bonchev–Trinajstić information content (AvgIpc) is 3.23. The molecule has 3 aromatic carbocycles. The second-order valence-electron chi connectivity index (χ2n) is 9.43. The second kappa shape index (κ2) is 12.1. The maximum atomic E-state index is 13.8. The fourth-order valence-electron chi connectivity index (χ4n) is 4.61. The van der Waals surface area contributed by atoms with E-state index in [1.807, 2.05) is 30.3 Å². The molecule has 0 spiro atoms. The predicted octanol–water partition coefficient (Wildman–Crippen LogP) is 4.08. The van der Waals surface area contributed by atoms with Crippen molar-refractivity contribution in [2.75, 3.05) is 6.54 Å². The summed E-state index contributed by atoms with van der Waals surface area (Å²) < 4.78 is 29.4. The summed E-state index contributed by atoms with van der Waals surface area (Å²) in [6.45, 7) is 2.63. The first-order valence-electron chi connectivity index (χ1n) is 12.6. The molecule has 0 fully saturated rings. The number of carbonyl (C=O) groups is 2. The van der Waals surface area contributed by atoms with Gasteiger partial charge in [0.05, 0.1) is 17.7 Å². The minimum atomic E-state index is -1.14. The number of benzene rings is 3. The Balaban J connectivity index is 1.50. The Labute approximate surface area is 220 Å². The number of aryl methyl sites for hydroxylation is 2. The molecule has 198 valence electrons. The minimum Gasteiger partial charge on any atom is -0.390 e. The van der Waals surface area contributed by atoms with Crippen molar-refractivity contribution in [3.05, 3.63) is 107 Å². The lowest BCUT2D eigenvalue weighted by molar-refractivity contribution is -0.118. The molecule has 1 amide bonds. The topological polar surface area (TPSA) is 83.4 Å². The number of ketones is 1. The molecule has 0 radical (unpaired) electrons. The van der Waals surface area contributed by atoms with E-state index in [4.69, 9.17) is 0 Å². The van der Waals surface area contributed by atoms with Gasteiger partial charge in [-0.05, 0) is 47.7 Å². The number of nitrogens with zero attached hydrogens (tertiary/aromatic N) is 1. The van der Waals surface area contributed by atoms with Crippen LogP contribution >= 0.6 is 0 Å². The third-order valence-electron chi connectivity index (χ3n) is 6.59. The number of carbonyl (C=O) groups excluding carboxylic acids is 2. The van der Waals surface area contributed by atoms with Gasteiger partial charge >= 0.3 is 0 Å². The van der Waals surface area contributed by atoms with E-state index in [0.29, 0.717) is 11.9 Å². The average molecular weight is 520 g/mol. The molecule has 6 nitrogen and oxygen atoms in total. The van der Waals surface area contributed by atoms with Gasteiger partial charge in [0.25, 0.3) is 11.7 Å². The number of fused-ring (bicyclic) bond motifs is 1. The van der Waals surface area contributed by atoms with Gasteiger partial charge in [0.2, 0.25) is 0 Å². The highest BCUT2D eigenvalue weighted by molar-refractivity contribution is 6.45. The molecule has 1 heterocycles. The molecule has 0 bridgehead atoms. The van der Waals surface area contributed by atoms with E-state index in [1.165, 1.54) is 5.56 Å². The van der Waals surface area contributed by atoms with Crippen molar-refractivity contribution in [1.29, 1.82) is 0 Å². The molecule has 38 heavy (non-hydrogen) atoms. The number of halogens is 2. The zero-order chi connectivity index (χ0) is 27.2. The predicted molar refractivity (Wildman–Crippen MR) is 143 cm³/mol. The fourth-order valence-corrected chi connectivity index (χ4v) is 4.61. The highest BCUT2D eigenvalue weighted by Crippen LogP contribution is 2.21. The summed E-state index contributed by atoms with van der Waals surface area (Å²) in [5, 5.41) is 17.4. The van der Waals surface area contributed by atoms with E-state index in [0.717, 1.165) is 35.7 Å². The van der Waals surface area contributed by atoms with Crippen molar-refractivity contribution in [2.24, 2.45) is 7.05 Å². The van der Waals surface area contributed by atoms with Crippen molar-refractivity contribution < 1.29 is 23.5 Å². The van der Waals surface area contributed by atoms with Gasteiger partial charge in [0.1, 0.15) is 11.6 Å². The van der Waals surface area contributed by atoms with Crippen LogP contribution in [0.3, 0.4) is 0 Å². The van der Waals surface area contributed by atoms with Crippen molar-refractivity contribution in [2.45, 2.75) is 38.5 Å². The molecule has 0 saturated heterocycles. The second-order valence-corrected chi connectivity index (χ2v) is 9.43. The van der Waals surface area contributed by atoms with Crippen LogP contribution in [0.1, 0.15) is 34.0 Å². The van der Waals surface area contributed by atoms with Gasteiger partial charge in [-0.25, -0.2) is 8.78 Å². The lowest BCUT2D eigenvalue weighted by atomic mass is 9.99. The van der Waals surface area contributed by atoms with E-state index in [1.54, 1.807) is 29.9 Å². The number of hydrogen-bond donors (Lipinski definition) is 3. The number of aliphatic hydroxyl groups excluding tert-OH is 1. The maximum Gasteiger partial charge on any atom is 0.292 e. The van der Waals surface area contributed by atoms with Crippen molar-refractivity contribution in [3.63, 3.8) is 0 Å². The van der Waals surface area contributed by atoms with Crippen molar-refractivity contribution in [1.82, 2.24) is 15.2 Å². The summed E-state index contributed by atoms with van der Waals surface area (Å²) in [4.78, 5) is 26.2. The number of amides is 1. The first-order chi connectivity index (χ1) is 18.2. The molecule has 4 rings (SSSR count). The molecule has 1 aromatic heterocycles. The SMILES string of the molecule is CCc1cccc(CNC[C@@H](O)[C@H](Cc2cc(F)cc(F)c2)NC(=O)C(=O)c2cn(C)c3ccccc23)c1. The van der Waals surface area contributed by atoms with Gasteiger partial charge in [-0.3, -0.25) is 9.59 Å². The summed E-state index contributed by atoms with van der Waals surface area (Å²) in [6, 6.07) is 17.3. The Morgan fingerprint density at radius 1 is 0.947 bits per heavy atom. The quantitative estimate of drug-likeness (QED) is 0.206. The Morgan fingerprint density at radius 2 is 1.66 bits per heavy atom. The standard InChI is InChI=1S/C30H31F2N3O3/c1-3-19-7-6-8-20(11-19)16-33-17-28(36)26(14-21-12-22(31)15-23(32)13-21)34-30(38)29(37)25-18-35(2)27-10-5-4-9-24(25)27/h4-13,15,18,26,28,33,36H,3,14,16-17H2,1-2H3,(H,34,38)/t26-,28+/m0/s1. The Kier molecular flexibility index (Phi) is 8.66. The minimum absolute atomic E-state index is 0.0720. The van der Waals surface area contributed by atoms with Gasteiger partial charge in [-0.15, -0.1) is 0 Å². The molecular weight excluding hydrogens is 488 g/mol. The highest BCUT2D eigenvalue weighted by Gasteiger charge is 2.27. The van der Waals surface area contributed by atoms with E-state index < -0.39 is 35.5 Å². The molecule has 0 saturated carbocycles. The van der Waals surface area contributed by atoms with Crippen molar-refractivity contribution in [3.8, 4) is 0 Å². The molecule has 2 atom stereocenters. The Bertz CT molecular complexity index is 1430. The van der Waals surface area contributed by atoms with Gasteiger partial charge in [-0.2, -0.15) is 0 Å². The first kappa shape index (κ1) is 27.2. The normalized spacial score (nSPS) is 12.9. The summed E-state index contributed by atoms with van der Waals surface area (Å²) in [5.41, 5.74) is 3.51. The number of aliphatic hydroxyl groups is 1. The van der Waals surface area contributed by atoms with Gasteiger partial charge in [-0.1, -0.05) is 49.4 Å².